The Morgan fingerprint density at radius 1 is 1.21 bits per heavy atom. The molecule has 0 spiro atoms. The second-order valence-corrected chi connectivity index (χ2v) is 8.86. The Morgan fingerprint density at radius 2 is 1.91 bits per heavy atom. The molecule has 0 saturated carbocycles. The smallest absolute Gasteiger partial charge is 0.290 e. The molecule has 2 aromatic carbocycles. The van der Waals surface area contributed by atoms with E-state index in [1.54, 1.807) is 25.1 Å². The molecular weight excluding hydrogens is 447 g/mol. The van der Waals surface area contributed by atoms with E-state index in [1.165, 1.54) is 12.1 Å². The summed E-state index contributed by atoms with van der Waals surface area (Å²) in [6.07, 6.45) is 1.47. The lowest BCUT2D eigenvalue weighted by atomic mass is 9.77. The van der Waals surface area contributed by atoms with Crippen molar-refractivity contribution in [2.24, 2.45) is 5.41 Å². The van der Waals surface area contributed by atoms with E-state index in [2.05, 4.69) is 10.5 Å². The molecule has 0 fully saturated rings. The number of halogens is 2. The standard InChI is InChI=1S/C25H26ClFN2O4/c1-4-25(3,15(2)30)14-19(28-24(32)22-13-23(31)29-33-22)11-16-5-7-17(8-6-16)20-12-18(26)9-10-21(20)27/h5-10,12-13,19H,4,11,14H2,1-3H3,(H,28,32)(H,29,31)/t19-,25-/m1/s1. The first-order chi connectivity index (χ1) is 15.6. The average Bonchev–Trinajstić information content (AvgIpc) is 3.22. The van der Waals surface area contributed by atoms with Gasteiger partial charge in [-0.05, 0) is 60.7 Å². The monoisotopic (exact) mass is 472 g/mol. The minimum absolute atomic E-state index is 0.0355. The number of hydrogen-bond donors (Lipinski definition) is 2. The van der Waals surface area contributed by atoms with Gasteiger partial charge in [0.05, 0.1) is 6.07 Å². The second kappa shape index (κ2) is 10.2. The summed E-state index contributed by atoms with van der Waals surface area (Å²) in [5, 5.41) is 16.0. The molecule has 0 aliphatic rings. The second-order valence-electron chi connectivity index (χ2n) is 8.42. The van der Waals surface area contributed by atoms with Gasteiger partial charge in [0.15, 0.2) is 0 Å². The van der Waals surface area contributed by atoms with Gasteiger partial charge in [0.1, 0.15) is 11.6 Å². The largest absolute Gasteiger partial charge is 0.491 e. The number of hydrogen-bond acceptors (Lipinski definition) is 5. The van der Waals surface area contributed by atoms with Crippen LogP contribution in [0.2, 0.25) is 5.02 Å². The number of nitrogens with zero attached hydrogens (tertiary/aromatic N) is 1. The Bertz CT molecular complexity index is 1150. The van der Waals surface area contributed by atoms with Gasteiger partial charge in [0.2, 0.25) is 5.76 Å². The average molecular weight is 473 g/mol. The predicted octanol–water partition coefficient (Wildman–Crippen LogP) is 5.58. The summed E-state index contributed by atoms with van der Waals surface area (Å²) < 4.78 is 19.0. The topological polar surface area (TPSA) is 92.4 Å². The fourth-order valence-corrected chi connectivity index (χ4v) is 3.88. The van der Waals surface area contributed by atoms with Gasteiger partial charge in [0, 0.05) is 22.0 Å². The molecule has 1 aromatic heterocycles. The van der Waals surface area contributed by atoms with E-state index in [-0.39, 0.29) is 23.2 Å². The van der Waals surface area contributed by atoms with Crippen molar-refractivity contribution in [3.05, 3.63) is 70.7 Å². The first kappa shape index (κ1) is 24.5. The van der Waals surface area contributed by atoms with Crippen molar-refractivity contribution in [2.75, 3.05) is 0 Å². The molecule has 6 nitrogen and oxygen atoms in total. The van der Waals surface area contributed by atoms with Crippen LogP contribution in [0.5, 0.6) is 5.88 Å². The molecule has 2 N–H and O–H groups in total. The lowest BCUT2D eigenvalue weighted by Gasteiger charge is -2.30. The van der Waals surface area contributed by atoms with Crippen LogP contribution in [0.3, 0.4) is 0 Å². The van der Waals surface area contributed by atoms with Crippen molar-refractivity contribution < 1.29 is 23.6 Å². The Kier molecular flexibility index (Phi) is 7.53. The van der Waals surface area contributed by atoms with Crippen LogP contribution in [0.4, 0.5) is 4.39 Å². The number of amides is 1. The number of nitrogens with one attached hydrogen (secondary N) is 1. The highest BCUT2D eigenvalue weighted by molar-refractivity contribution is 6.30. The van der Waals surface area contributed by atoms with Crippen molar-refractivity contribution in [3.63, 3.8) is 0 Å². The first-order valence-electron chi connectivity index (χ1n) is 10.6. The summed E-state index contributed by atoms with van der Waals surface area (Å²) >= 11 is 6.01. The third kappa shape index (κ3) is 5.99. The van der Waals surface area contributed by atoms with Crippen LogP contribution >= 0.6 is 11.6 Å². The van der Waals surface area contributed by atoms with Crippen LogP contribution in [0, 0.1) is 11.2 Å². The highest BCUT2D eigenvalue weighted by Crippen LogP contribution is 2.31. The Labute approximate surface area is 196 Å². The van der Waals surface area contributed by atoms with Gasteiger partial charge in [0.25, 0.3) is 11.8 Å². The summed E-state index contributed by atoms with van der Waals surface area (Å²) in [4.78, 5) is 24.9. The molecule has 0 radical (unpaired) electrons. The predicted molar refractivity (Wildman–Crippen MR) is 124 cm³/mol. The molecule has 3 rings (SSSR count). The molecule has 1 amide bonds. The highest BCUT2D eigenvalue weighted by atomic mass is 35.5. The lowest BCUT2D eigenvalue weighted by Crippen LogP contribution is -2.42. The molecule has 0 unspecified atom stereocenters. The van der Waals surface area contributed by atoms with E-state index in [9.17, 15) is 19.1 Å². The molecule has 0 saturated heterocycles. The van der Waals surface area contributed by atoms with Crippen LogP contribution in [0.15, 0.2) is 53.1 Å². The highest BCUT2D eigenvalue weighted by Gasteiger charge is 2.32. The van der Waals surface area contributed by atoms with E-state index < -0.39 is 17.4 Å². The fourth-order valence-electron chi connectivity index (χ4n) is 3.71. The SMILES string of the molecule is CC[C@](C)(C[C@@H](Cc1ccc(-c2cc(Cl)ccc2F)cc1)NC(=O)c1cc(O)no1)C(C)=O. The third-order valence-electron chi connectivity index (χ3n) is 6.06. The Morgan fingerprint density at radius 3 is 2.48 bits per heavy atom. The maximum Gasteiger partial charge on any atom is 0.290 e. The molecule has 0 bridgehead atoms. The zero-order valence-corrected chi connectivity index (χ0v) is 19.4. The van der Waals surface area contributed by atoms with Crippen molar-refractivity contribution in [1.82, 2.24) is 10.5 Å². The third-order valence-corrected chi connectivity index (χ3v) is 6.29. The number of aromatic hydroxyl groups is 1. The lowest BCUT2D eigenvalue weighted by molar-refractivity contribution is -0.126. The number of benzene rings is 2. The van der Waals surface area contributed by atoms with Crippen molar-refractivity contribution >= 4 is 23.3 Å². The fraction of sp³-hybridized carbons (Fsp3) is 0.320. The van der Waals surface area contributed by atoms with Crippen LogP contribution in [-0.2, 0) is 11.2 Å². The molecule has 174 valence electrons. The summed E-state index contributed by atoms with van der Waals surface area (Å²) in [7, 11) is 0. The van der Waals surface area contributed by atoms with Gasteiger partial charge in [-0.3, -0.25) is 9.59 Å². The summed E-state index contributed by atoms with van der Waals surface area (Å²) in [5.41, 5.74) is 1.36. The summed E-state index contributed by atoms with van der Waals surface area (Å²) in [5.74, 6) is -1.37. The normalized spacial score (nSPS) is 13.8. The van der Waals surface area contributed by atoms with E-state index >= 15 is 0 Å². The molecular formula is C25H26ClFN2O4. The number of aromatic nitrogens is 1. The van der Waals surface area contributed by atoms with Gasteiger partial charge in [-0.1, -0.05) is 49.7 Å². The maximum atomic E-state index is 14.2. The van der Waals surface area contributed by atoms with Gasteiger partial charge in [-0.2, -0.15) is 0 Å². The van der Waals surface area contributed by atoms with Gasteiger partial charge in [-0.15, -0.1) is 0 Å². The zero-order valence-electron chi connectivity index (χ0n) is 18.7. The quantitative estimate of drug-likeness (QED) is 0.424. The molecule has 3 aromatic rings. The van der Waals surface area contributed by atoms with Crippen molar-refractivity contribution in [2.45, 2.75) is 46.1 Å². The summed E-state index contributed by atoms with van der Waals surface area (Å²) in [6.45, 7) is 5.36. The molecule has 33 heavy (non-hydrogen) atoms. The van der Waals surface area contributed by atoms with E-state index in [0.717, 1.165) is 11.6 Å². The summed E-state index contributed by atoms with van der Waals surface area (Å²) in [6, 6.07) is 12.4. The molecule has 2 atom stereocenters. The number of carbonyl (C=O) groups excluding carboxylic acids is 2. The minimum Gasteiger partial charge on any atom is -0.491 e. The minimum atomic E-state index is -0.620. The number of Topliss-reactive ketones (excluding diaryl/α,β-unsaturated/α-hetero) is 1. The number of ketones is 1. The van der Waals surface area contributed by atoms with Crippen molar-refractivity contribution in [1.29, 1.82) is 0 Å². The number of rotatable bonds is 9. The van der Waals surface area contributed by atoms with Crippen molar-refractivity contribution in [3.8, 4) is 17.0 Å². The number of carbonyl (C=O) groups is 2. The molecule has 1 heterocycles. The Balaban J connectivity index is 1.83. The van der Waals surface area contributed by atoms with E-state index in [1.807, 2.05) is 26.0 Å². The molecule has 8 heteroatoms. The maximum absolute atomic E-state index is 14.2. The Hall–Kier alpha value is -3.19. The van der Waals surface area contributed by atoms with Crippen LogP contribution in [0.25, 0.3) is 11.1 Å². The first-order valence-corrected chi connectivity index (χ1v) is 11.0. The van der Waals surface area contributed by atoms with Crippen LogP contribution < -0.4 is 5.32 Å². The zero-order chi connectivity index (χ0) is 24.2. The van der Waals surface area contributed by atoms with Gasteiger partial charge >= 0.3 is 0 Å². The van der Waals surface area contributed by atoms with E-state index in [0.29, 0.717) is 35.4 Å². The van der Waals surface area contributed by atoms with Gasteiger partial charge < -0.3 is 14.9 Å². The molecule has 0 aliphatic heterocycles. The van der Waals surface area contributed by atoms with E-state index in [4.69, 9.17) is 16.1 Å². The van der Waals surface area contributed by atoms with Crippen LogP contribution in [0.1, 0.15) is 49.7 Å². The van der Waals surface area contributed by atoms with Crippen LogP contribution in [-0.4, -0.2) is 28.0 Å². The van der Waals surface area contributed by atoms with Gasteiger partial charge in [-0.25, -0.2) is 4.39 Å². The molecule has 0 aliphatic carbocycles.